The van der Waals surface area contributed by atoms with E-state index in [1.807, 2.05) is 55.5 Å². The van der Waals surface area contributed by atoms with Crippen molar-refractivity contribution in [3.05, 3.63) is 77.0 Å². The largest absolute Gasteiger partial charge is 0.457 e. The molecule has 0 radical (unpaired) electrons. The number of aryl methyl sites for hydroxylation is 1. The maximum absolute atomic E-state index is 12.3. The number of halogens is 1. The zero-order chi connectivity index (χ0) is 24.3. The third-order valence-corrected chi connectivity index (χ3v) is 7.40. The second-order valence-corrected chi connectivity index (χ2v) is 10.6. The van der Waals surface area contributed by atoms with Gasteiger partial charge in [0, 0.05) is 54.2 Å². The molecule has 1 aromatic heterocycles. The molecule has 34 heavy (non-hydrogen) atoms. The Morgan fingerprint density at radius 1 is 1.03 bits per heavy atom. The Morgan fingerprint density at radius 3 is 2.38 bits per heavy atom. The van der Waals surface area contributed by atoms with Gasteiger partial charge < -0.3 is 14.6 Å². The van der Waals surface area contributed by atoms with Crippen molar-refractivity contribution >= 4 is 45.0 Å². The fraction of sp³-hybridized carbons (Fsp3) is 0.240. The highest BCUT2D eigenvalue weighted by Gasteiger charge is 2.23. The summed E-state index contributed by atoms with van der Waals surface area (Å²) < 4.78 is 30.6. The SMILES string of the molecule is Cc1ccc(-c2ccc(/C=C/C(=O)Nc3ccc(N4CCN(S(C)(=O)=O)CC4)cc3)o2)cc1Cl. The van der Waals surface area contributed by atoms with Crippen molar-refractivity contribution in [2.45, 2.75) is 6.92 Å². The van der Waals surface area contributed by atoms with Gasteiger partial charge in [0.05, 0.1) is 6.26 Å². The van der Waals surface area contributed by atoms with E-state index in [4.69, 9.17) is 16.0 Å². The minimum absolute atomic E-state index is 0.272. The summed E-state index contributed by atoms with van der Waals surface area (Å²) in [5, 5.41) is 3.50. The number of carbonyl (C=O) groups excluding carboxylic acids is 1. The molecule has 9 heteroatoms. The van der Waals surface area contributed by atoms with Crippen LogP contribution in [0.5, 0.6) is 0 Å². The standard InChI is InChI=1S/C25H26ClN3O4S/c1-18-3-4-19(17-23(18)26)24-11-9-22(33-24)10-12-25(30)27-20-5-7-21(8-6-20)28-13-15-29(16-14-28)34(2,31)32/h3-12,17H,13-16H2,1-2H3,(H,27,30)/b12-10+. The number of sulfonamides is 1. The van der Waals surface area contributed by atoms with E-state index in [1.165, 1.54) is 16.6 Å². The number of amides is 1. The number of benzene rings is 2. The number of hydrogen-bond donors (Lipinski definition) is 1. The van der Waals surface area contributed by atoms with Gasteiger partial charge in [-0.15, -0.1) is 0 Å². The topological polar surface area (TPSA) is 82.9 Å². The smallest absolute Gasteiger partial charge is 0.248 e. The molecule has 0 unspecified atom stereocenters. The molecule has 1 fully saturated rings. The molecular weight excluding hydrogens is 474 g/mol. The average molecular weight is 500 g/mol. The molecule has 2 heterocycles. The minimum atomic E-state index is -3.15. The normalized spacial score (nSPS) is 15.1. The second kappa shape index (κ2) is 10.0. The fourth-order valence-electron chi connectivity index (χ4n) is 3.72. The summed E-state index contributed by atoms with van der Waals surface area (Å²) in [6.45, 7) is 4.13. The molecule has 1 N–H and O–H groups in total. The van der Waals surface area contributed by atoms with E-state index in [-0.39, 0.29) is 5.91 Å². The summed E-state index contributed by atoms with van der Waals surface area (Å²) in [5.74, 6) is 0.964. The van der Waals surface area contributed by atoms with Gasteiger partial charge in [-0.1, -0.05) is 23.7 Å². The van der Waals surface area contributed by atoms with E-state index in [0.29, 0.717) is 48.4 Å². The van der Waals surface area contributed by atoms with Crippen molar-refractivity contribution in [1.29, 1.82) is 0 Å². The molecule has 1 saturated heterocycles. The number of nitrogens with zero attached hydrogens (tertiary/aromatic N) is 2. The van der Waals surface area contributed by atoms with Crippen molar-refractivity contribution in [1.82, 2.24) is 4.31 Å². The Kier molecular flexibility index (Phi) is 7.11. The van der Waals surface area contributed by atoms with Gasteiger partial charge in [0.25, 0.3) is 0 Å². The summed E-state index contributed by atoms with van der Waals surface area (Å²) in [6.07, 6.45) is 4.27. The van der Waals surface area contributed by atoms with Gasteiger partial charge in [0.1, 0.15) is 11.5 Å². The van der Waals surface area contributed by atoms with Crippen LogP contribution in [-0.4, -0.2) is 51.1 Å². The lowest BCUT2D eigenvalue weighted by Crippen LogP contribution is -2.48. The lowest BCUT2D eigenvalue weighted by atomic mass is 10.1. The molecule has 0 saturated carbocycles. The summed E-state index contributed by atoms with van der Waals surface area (Å²) in [5.41, 5.74) is 3.53. The predicted molar refractivity (Wildman–Crippen MR) is 137 cm³/mol. The highest BCUT2D eigenvalue weighted by Crippen LogP contribution is 2.27. The molecule has 0 aliphatic carbocycles. The van der Waals surface area contributed by atoms with E-state index in [9.17, 15) is 13.2 Å². The molecule has 1 aliphatic rings. The maximum Gasteiger partial charge on any atom is 0.248 e. The van der Waals surface area contributed by atoms with Gasteiger partial charge in [-0.25, -0.2) is 8.42 Å². The third kappa shape index (κ3) is 5.88. The van der Waals surface area contributed by atoms with Crippen LogP contribution in [0.2, 0.25) is 5.02 Å². The zero-order valence-corrected chi connectivity index (χ0v) is 20.6. The number of furan rings is 1. The quantitative estimate of drug-likeness (QED) is 0.499. The first-order chi connectivity index (χ1) is 16.2. The molecule has 4 rings (SSSR count). The molecule has 0 spiro atoms. The lowest BCUT2D eigenvalue weighted by molar-refractivity contribution is -0.111. The number of carbonyl (C=O) groups is 1. The van der Waals surface area contributed by atoms with Crippen molar-refractivity contribution in [2.75, 3.05) is 42.7 Å². The van der Waals surface area contributed by atoms with Crippen LogP contribution in [0.4, 0.5) is 11.4 Å². The van der Waals surface area contributed by atoms with Crippen LogP contribution >= 0.6 is 11.6 Å². The lowest BCUT2D eigenvalue weighted by Gasteiger charge is -2.34. The molecule has 3 aromatic rings. The Hall–Kier alpha value is -3.07. The number of anilines is 2. The van der Waals surface area contributed by atoms with Crippen molar-refractivity contribution in [2.24, 2.45) is 0 Å². The van der Waals surface area contributed by atoms with Crippen LogP contribution in [0, 0.1) is 6.92 Å². The number of piperazine rings is 1. The van der Waals surface area contributed by atoms with Gasteiger partial charge in [-0.2, -0.15) is 4.31 Å². The van der Waals surface area contributed by atoms with Crippen molar-refractivity contribution in [3.63, 3.8) is 0 Å². The minimum Gasteiger partial charge on any atom is -0.457 e. The third-order valence-electron chi connectivity index (χ3n) is 5.69. The van der Waals surface area contributed by atoms with Crippen LogP contribution in [0.1, 0.15) is 11.3 Å². The zero-order valence-electron chi connectivity index (χ0n) is 19.0. The highest BCUT2D eigenvalue weighted by molar-refractivity contribution is 7.88. The molecule has 1 amide bonds. The van der Waals surface area contributed by atoms with E-state index < -0.39 is 10.0 Å². The summed E-state index contributed by atoms with van der Waals surface area (Å²) in [4.78, 5) is 14.5. The number of hydrogen-bond acceptors (Lipinski definition) is 5. The Bertz CT molecular complexity index is 1310. The second-order valence-electron chi connectivity index (χ2n) is 8.18. The van der Waals surface area contributed by atoms with Gasteiger partial charge in [0.2, 0.25) is 15.9 Å². The Labute approximate surface area is 204 Å². The molecular formula is C25H26ClN3O4S. The van der Waals surface area contributed by atoms with Crippen LogP contribution < -0.4 is 10.2 Å². The monoisotopic (exact) mass is 499 g/mol. The van der Waals surface area contributed by atoms with Crippen LogP contribution in [0.25, 0.3) is 17.4 Å². The van der Waals surface area contributed by atoms with E-state index >= 15 is 0 Å². The predicted octanol–water partition coefficient (Wildman–Crippen LogP) is 4.64. The van der Waals surface area contributed by atoms with Crippen LogP contribution in [-0.2, 0) is 14.8 Å². The summed E-state index contributed by atoms with van der Waals surface area (Å²) in [6, 6.07) is 16.9. The Morgan fingerprint density at radius 2 is 1.74 bits per heavy atom. The first-order valence-electron chi connectivity index (χ1n) is 10.8. The van der Waals surface area contributed by atoms with Crippen molar-refractivity contribution in [3.8, 4) is 11.3 Å². The van der Waals surface area contributed by atoms with Gasteiger partial charge >= 0.3 is 0 Å². The average Bonchev–Trinajstić information content (AvgIpc) is 3.29. The highest BCUT2D eigenvalue weighted by atomic mass is 35.5. The van der Waals surface area contributed by atoms with E-state index in [1.54, 1.807) is 12.1 Å². The summed E-state index contributed by atoms with van der Waals surface area (Å²) >= 11 is 6.19. The molecule has 2 aromatic carbocycles. The van der Waals surface area contributed by atoms with E-state index in [0.717, 1.165) is 16.8 Å². The molecule has 7 nitrogen and oxygen atoms in total. The number of rotatable bonds is 6. The van der Waals surface area contributed by atoms with Crippen molar-refractivity contribution < 1.29 is 17.6 Å². The molecule has 0 bridgehead atoms. The first kappa shape index (κ1) is 24.1. The van der Waals surface area contributed by atoms with Gasteiger partial charge in [-0.3, -0.25) is 4.79 Å². The fourth-order valence-corrected chi connectivity index (χ4v) is 4.73. The molecule has 1 aliphatic heterocycles. The van der Waals surface area contributed by atoms with Gasteiger partial charge in [0.15, 0.2) is 0 Å². The Balaban J connectivity index is 1.32. The number of nitrogens with one attached hydrogen (secondary N) is 1. The molecule has 0 atom stereocenters. The van der Waals surface area contributed by atoms with Crippen LogP contribution in [0.15, 0.2) is 65.1 Å². The van der Waals surface area contributed by atoms with Gasteiger partial charge in [-0.05, 0) is 61.0 Å². The maximum atomic E-state index is 12.3. The summed E-state index contributed by atoms with van der Waals surface area (Å²) in [7, 11) is -3.15. The van der Waals surface area contributed by atoms with Crippen LogP contribution in [0.3, 0.4) is 0 Å². The van der Waals surface area contributed by atoms with E-state index in [2.05, 4.69) is 10.2 Å². The first-order valence-corrected chi connectivity index (χ1v) is 13.1. The molecule has 178 valence electrons.